The van der Waals surface area contributed by atoms with Gasteiger partial charge in [0.25, 0.3) is 5.91 Å². The fourth-order valence-electron chi connectivity index (χ4n) is 1.55. The largest absolute Gasteiger partial charge is 0.349 e. The van der Waals surface area contributed by atoms with Gasteiger partial charge in [0.1, 0.15) is 4.70 Å². The first-order chi connectivity index (χ1) is 9.47. The fraction of sp³-hybridized carbons (Fsp3) is 0.455. The predicted molar refractivity (Wildman–Crippen MR) is 77.0 cm³/mol. The minimum absolute atomic E-state index is 0.202. The number of fused-ring (bicyclic) bond motifs is 1. The molecular formula is C11H16N6O2S. The lowest BCUT2D eigenvalue weighted by atomic mass is 10.4. The summed E-state index contributed by atoms with van der Waals surface area (Å²) in [4.78, 5) is 29.1. The average molecular weight is 296 g/mol. The van der Waals surface area contributed by atoms with Crippen LogP contribution in [0.1, 0.15) is 17.4 Å². The third kappa shape index (κ3) is 3.31. The Hall–Kier alpha value is -2.00. The molecule has 2 amide bonds. The second-order valence-corrected chi connectivity index (χ2v) is 5.51. The summed E-state index contributed by atoms with van der Waals surface area (Å²) in [5.74, 6) is -0.456. The van der Waals surface area contributed by atoms with Crippen molar-refractivity contribution in [2.75, 3.05) is 32.5 Å². The quantitative estimate of drug-likeness (QED) is 0.735. The van der Waals surface area contributed by atoms with E-state index in [1.807, 2.05) is 19.0 Å². The molecule has 0 bridgehead atoms. The van der Waals surface area contributed by atoms with E-state index >= 15 is 0 Å². The number of H-pyrrole nitrogens is 1. The number of hydrogen-bond donors (Lipinski definition) is 3. The number of carbonyl (C=O) groups is 2. The smallest absolute Gasteiger partial charge is 0.273 e. The van der Waals surface area contributed by atoms with E-state index in [9.17, 15) is 9.59 Å². The molecule has 0 radical (unpaired) electrons. The number of anilines is 1. The molecule has 0 spiro atoms. The molecule has 0 aliphatic rings. The maximum Gasteiger partial charge on any atom is 0.273 e. The highest BCUT2D eigenvalue weighted by molar-refractivity contribution is 7.22. The van der Waals surface area contributed by atoms with Gasteiger partial charge in [-0.3, -0.25) is 14.7 Å². The van der Waals surface area contributed by atoms with Gasteiger partial charge in [-0.2, -0.15) is 5.10 Å². The Morgan fingerprint density at radius 2 is 2.15 bits per heavy atom. The van der Waals surface area contributed by atoms with E-state index in [1.165, 1.54) is 18.3 Å². The lowest BCUT2D eigenvalue weighted by Gasteiger charge is -2.09. The number of carbonyl (C=O) groups excluding carboxylic acids is 2. The van der Waals surface area contributed by atoms with E-state index in [2.05, 4.69) is 25.8 Å². The SMILES string of the molecule is CC(=O)Nc1nc2[nH]nc(C(=O)NCCN(C)C)c2s1. The minimum Gasteiger partial charge on any atom is -0.349 e. The average Bonchev–Trinajstić information content (AvgIpc) is 2.86. The number of hydrogen-bond acceptors (Lipinski definition) is 6. The number of nitrogens with one attached hydrogen (secondary N) is 3. The van der Waals surface area contributed by atoms with Gasteiger partial charge in [-0.25, -0.2) is 4.98 Å². The second kappa shape index (κ2) is 5.97. The van der Waals surface area contributed by atoms with E-state index < -0.39 is 0 Å². The summed E-state index contributed by atoms with van der Waals surface area (Å²) in [7, 11) is 3.86. The number of rotatable bonds is 5. The molecule has 20 heavy (non-hydrogen) atoms. The van der Waals surface area contributed by atoms with Crippen molar-refractivity contribution in [3.63, 3.8) is 0 Å². The molecule has 0 aliphatic heterocycles. The van der Waals surface area contributed by atoms with Crippen molar-refractivity contribution in [2.24, 2.45) is 0 Å². The van der Waals surface area contributed by atoms with Crippen LogP contribution in [0, 0.1) is 0 Å². The topological polar surface area (TPSA) is 103 Å². The van der Waals surface area contributed by atoms with Gasteiger partial charge in [-0.05, 0) is 14.1 Å². The van der Waals surface area contributed by atoms with Crippen LogP contribution in [0.25, 0.3) is 10.3 Å². The van der Waals surface area contributed by atoms with Crippen LogP contribution in [0.5, 0.6) is 0 Å². The second-order valence-electron chi connectivity index (χ2n) is 4.51. The van der Waals surface area contributed by atoms with Crippen LogP contribution in [0.15, 0.2) is 0 Å². The standard InChI is InChI=1S/C11H16N6O2S/c1-6(18)13-11-14-9-8(20-11)7(15-16-9)10(19)12-4-5-17(2)3/h4-5H2,1-3H3,(H,12,19)(H2,13,14,15,16,18). The summed E-state index contributed by atoms with van der Waals surface area (Å²) < 4.78 is 0.635. The zero-order valence-electron chi connectivity index (χ0n) is 11.5. The summed E-state index contributed by atoms with van der Waals surface area (Å²) >= 11 is 1.22. The van der Waals surface area contributed by atoms with Crippen LogP contribution < -0.4 is 10.6 Å². The molecule has 2 rings (SSSR count). The number of aromatic amines is 1. The van der Waals surface area contributed by atoms with Crippen LogP contribution in [-0.2, 0) is 4.79 Å². The van der Waals surface area contributed by atoms with Gasteiger partial charge in [0.15, 0.2) is 16.5 Å². The van der Waals surface area contributed by atoms with E-state index in [4.69, 9.17) is 0 Å². The van der Waals surface area contributed by atoms with Crippen molar-refractivity contribution in [3.05, 3.63) is 5.69 Å². The normalized spacial score (nSPS) is 11.0. The summed E-state index contributed by atoms with van der Waals surface area (Å²) in [6, 6.07) is 0. The fourth-order valence-corrected chi connectivity index (χ4v) is 2.50. The zero-order valence-corrected chi connectivity index (χ0v) is 12.3. The Morgan fingerprint density at radius 3 is 2.80 bits per heavy atom. The van der Waals surface area contributed by atoms with Crippen LogP contribution in [0.4, 0.5) is 5.13 Å². The van der Waals surface area contributed by atoms with E-state index in [0.717, 1.165) is 6.54 Å². The van der Waals surface area contributed by atoms with E-state index in [0.29, 0.717) is 27.7 Å². The molecule has 0 atom stereocenters. The van der Waals surface area contributed by atoms with Crippen LogP contribution in [0.2, 0.25) is 0 Å². The molecule has 2 aromatic rings. The van der Waals surface area contributed by atoms with Gasteiger partial charge >= 0.3 is 0 Å². The molecule has 0 fully saturated rings. The van der Waals surface area contributed by atoms with E-state index in [1.54, 1.807) is 0 Å². The molecule has 9 heteroatoms. The molecule has 0 saturated carbocycles. The van der Waals surface area contributed by atoms with Crippen molar-refractivity contribution in [1.82, 2.24) is 25.4 Å². The van der Waals surface area contributed by atoms with Crippen molar-refractivity contribution in [1.29, 1.82) is 0 Å². The Morgan fingerprint density at radius 1 is 1.40 bits per heavy atom. The molecule has 0 unspecified atom stereocenters. The maximum atomic E-state index is 12.0. The predicted octanol–water partition coefficient (Wildman–Crippen LogP) is 0.269. The van der Waals surface area contributed by atoms with Gasteiger partial charge in [-0.15, -0.1) is 0 Å². The third-order valence-electron chi connectivity index (χ3n) is 2.46. The van der Waals surface area contributed by atoms with Crippen molar-refractivity contribution >= 4 is 38.6 Å². The van der Waals surface area contributed by atoms with Crippen molar-refractivity contribution < 1.29 is 9.59 Å². The summed E-state index contributed by atoms with van der Waals surface area (Å²) in [6.45, 7) is 2.69. The molecule has 0 aromatic carbocycles. The van der Waals surface area contributed by atoms with Gasteiger partial charge in [0.05, 0.1) is 0 Å². The molecule has 0 saturated heterocycles. The minimum atomic E-state index is -0.254. The Labute approximate surface area is 119 Å². The highest BCUT2D eigenvalue weighted by Crippen LogP contribution is 2.27. The monoisotopic (exact) mass is 296 g/mol. The lowest BCUT2D eigenvalue weighted by molar-refractivity contribution is -0.114. The van der Waals surface area contributed by atoms with Crippen molar-refractivity contribution in [2.45, 2.75) is 6.92 Å². The molecule has 108 valence electrons. The highest BCUT2D eigenvalue weighted by Gasteiger charge is 2.18. The number of thiazole rings is 1. The number of likely N-dealkylation sites (N-methyl/N-ethyl adjacent to an activating group) is 1. The molecular weight excluding hydrogens is 280 g/mol. The molecule has 0 aliphatic carbocycles. The van der Waals surface area contributed by atoms with Gasteiger partial charge < -0.3 is 15.5 Å². The van der Waals surface area contributed by atoms with Gasteiger partial charge in [0, 0.05) is 20.0 Å². The number of nitrogens with zero attached hydrogens (tertiary/aromatic N) is 3. The van der Waals surface area contributed by atoms with Gasteiger partial charge in [0.2, 0.25) is 5.91 Å². The zero-order chi connectivity index (χ0) is 14.7. The summed E-state index contributed by atoms with van der Waals surface area (Å²) in [5, 5.41) is 12.5. The third-order valence-corrected chi connectivity index (χ3v) is 3.44. The highest BCUT2D eigenvalue weighted by atomic mass is 32.1. The molecule has 2 aromatic heterocycles. The molecule has 2 heterocycles. The Kier molecular flexibility index (Phi) is 4.30. The van der Waals surface area contributed by atoms with Crippen LogP contribution in [0.3, 0.4) is 0 Å². The Balaban J connectivity index is 2.11. The first kappa shape index (κ1) is 14.4. The van der Waals surface area contributed by atoms with Crippen molar-refractivity contribution in [3.8, 4) is 0 Å². The summed E-state index contributed by atoms with van der Waals surface area (Å²) in [6.07, 6.45) is 0. The maximum absolute atomic E-state index is 12.0. The number of aromatic nitrogens is 3. The lowest BCUT2D eigenvalue weighted by Crippen LogP contribution is -2.31. The van der Waals surface area contributed by atoms with E-state index in [-0.39, 0.29) is 11.8 Å². The first-order valence-electron chi connectivity index (χ1n) is 6.03. The molecule has 8 nitrogen and oxygen atoms in total. The Bertz CT molecular complexity index is 632. The first-order valence-corrected chi connectivity index (χ1v) is 6.84. The van der Waals surface area contributed by atoms with Crippen LogP contribution in [-0.4, -0.2) is 59.1 Å². The van der Waals surface area contributed by atoms with Crippen LogP contribution >= 0.6 is 11.3 Å². The summed E-state index contributed by atoms with van der Waals surface area (Å²) in [5.41, 5.74) is 0.796. The molecule has 3 N–H and O–H groups in total. The number of amides is 2. The van der Waals surface area contributed by atoms with Gasteiger partial charge in [-0.1, -0.05) is 11.3 Å².